The number of fused-ring (bicyclic) bond motifs is 8. The molecule has 0 amide bonds. The second kappa shape index (κ2) is 10.7. The van der Waals surface area contributed by atoms with Crippen LogP contribution in [0.2, 0.25) is 0 Å². The number of anilines is 6. The number of para-hydroxylation sites is 6. The number of aromatic hydroxyl groups is 2. The third kappa shape index (κ3) is 4.05. The Morgan fingerprint density at radius 2 is 0.854 bits per heavy atom. The molecule has 4 heterocycles. The number of phenols is 2. The average Bonchev–Trinajstić information content (AvgIpc) is 3.86. The van der Waals surface area contributed by atoms with E-state index in [1.807, 2.05) is 120 Å². The fourth-order valence-electron chi connectivity index (χ4n) is 7.09. The zero-order chi connectivity index (χ0) is 31.2. The second-order valence-corrected chi connectivity index (χ2v) is 11.8. The Hall–Kier alpha value is -5.59. The quantitative estimate of drug-likeness (QED) is 0.170. The molecule has 0 atom stereocenters. The SMILES string of the molecule is Oc1ccc2c(oc3ccccc32)c1N1[CH-]N(CN2[CH-]N(c3c(O)ccc4c3oc3ccccc34)c3ccccc32)c2ccccc21.[Pt+2]. The van der Waals surface area contributed by atoms with E-state index in [0.717, 1.165) is 55.5 Å². The summed E-state index contributed by atoms with van der Waals surface area (Å²) in [6, 6.07) is 39.3. The number of furan rings is 2. The minimum Gasteiger partial charge on any atom is -0.506 e. The van der Waals surface area contributed by atoms with Crippen LogP contribution in [0.5, 0.6) is 11.5 Å². The van der Waals surface area contributed by atoms with Gasteiger partial charge < -0.3 is 38.6 Å². The molecule has 0 saturated heterocycles. The second-order valence-electron chi connectivity index (χ2n) is 11.8. The van der Waals surface area contributed by atoms with E-state index in [9.17, 15) is 10.2 Å². The smallest absolute Gasteiger partial charge is 0.506 e. The maximum absolute atomic E-state index is 11.3. The zero-order valence-electron chi connectivity index (χ0n) is 25.2. The van der Waals surface area contributed by atoms with E-state index in [1.54, 1.807) is 12.1 Å². The zero-order valence-corrected chi connectivity index (χ0v) is 27.5. The van der Waals surface area contributed by atoms with Crippen molar-refractivity contribution in [1.29, 1.82) is 0 Å². The van der Waals surface area contributed by atoms with Crippen LogP contribution >= 0.6 is 0 Å². The number of phenolic OH excluding ortho intramolecular Hbond substituents is 2. The van der Waals surface area contributed by atoms with E-state index in [-0.39, 0.29) is 32.6 Å². The molecule has 0 radical (unpaired) electrons. The van der Waals surface area contributed by atoms with Crippen molar-refractivity contribution in [2.75, 3.05) is 26.3 Å². The molecule has 236 valence electrons. The van der Waals surface area contributed by atoms with Crippen molar-refractivity contribution in [3.05, 3.63) is 135 Å². The summed E-state index contributed by atoms with van der Waals surface area (Å²) in [5.74, 6) is 0.256. The molecule has 0 aliphatic carbocycles. The van der Waals surface area contributed by atoms with Gasteiger partial charge in [0.2, 0.25) is 0 Å². The van der Waals surface area contributed by atoms with Crippen molar-refractivity contribution in [2.24, 2.45) is 0 Å². The predicted octanol–water partition coefficient (Wildman–Crippen LogP) is 9.71. The molecule has 0 fully saturated rings. The molecule has 0 bridgehead atoms. The standard InChI is InChI=1S/C39H26N4O4.Pt/c44-32-19-17-26-24-9-1-7-15-34(24)46-38(26)36(32)42-22-40(28-11-3-5-13-30(28)42)21-41-23-43(31-14-6-4-12-29(31)41)37-33(45)20-18-27-25-10-2-8-16-35(25)47-39(27)37;/h1-20,22-23,44-45H,21H2;/q-2;+2. The summed E-state index contributed by atoms with van der Waals surface area (Å²) in [5.41, 5.74) is 7.75. The molecule has 2 aliphatic heterocycles. The maximum Gasteiger partial charge on any atom is 2.00 e. The van der Waals surface area contributed by atoms with Gasteiger partial charge >= 0.3 is 21.1 Å². The third-order valence-corrected chi connectivity index (χ3v) is 9.20. The molecule has 9 heteroatoms. The van der Waals surface area contributed by atoms with E-state index < -0.39 is 0 Å². The molecular formula is C39H26N4O4Pt. The molecule has 2 aromatic heterocycles. The van der Waals surface area contributed by atoms with Gasteiger partial charge in [-0.2, -0.15) is 0 Å². The Balaban J connectivity index is 0.00000314. The van der Waals surface area contributed by atoms with Gasteiger partial charge in [0.25, 0.3) is 0 Å². The monoisotopic (exact) mass is 809 g/mol. The summed E-state index contributed by atoms with van der Waals surface area (Å²) < 4.78 is 12.7. The first kappa shape index (κ1) is 28.6. The van der Waals surface area contributed by atoms with Gasteiger partial charge in [-0.3, -0.25) is 0 Å². The summed E-state index contributed by atoms with van der Waals surface area (Å²) >= 11 is 0. The number of hydrogen-bond acceptors (Lipinski definition) is 8. The Morgan fingerprint density at radius 1 is 0.458 bits per heavy atom. The van der Waals surface area contributed by atoms with Gasteiger partial charge in [0.15, 0.2) is 11.2 Å². The minimum absolute atomic E-state index is 0. The first-order chi connectivity index (χ1) is 23.1. The van der Waals surface area contributed by atoms with Gasteiger partial charge in [0.05, 0.1) is 11.4 Å². The molecule has 48 heavy (non-hydrogen) atoms. The van der Waals surface area contributed by atoms with Crippen molar-refractivity contribution in [1.82, 2.24) is 0 Å². The van der Waals surface area contributed by atoms with Crippen LogP contribution in [0, 0.1) is 13.3 Å². The molecule has 0 saturated carbocycles. The Morgan fingerprint density at radius 3 is 1.31 bits per heavy atom. The number of nitrogens with zero attached hydrogens (tertiary/aromatic N) is 4. The molecule has 8 nitrogen and oxygen atoms in total. The summed E-state index contributed by atoms with van der Waals surface area (Å²) in [5, 5.41) is 26.4. The Labute approximate surface area is 289 Å². The van der Waals surface area contributed by atoms with Gasteiger partial charge in [0, 0.05) is 51.0 Å². The molecule has 2 N–H and O–H groups in total. The van der Waals surface area contributed by atoms with Crippen LogP contribution < -0.4 is 19.6 Å². The Bertz CT molecular complexity index is 2370. The van der Waals surface area contributed by atoms with Crippen LogP contribution in [0.25, 0.3) is 43.9 Å². The normalized spacial score (nSPS) is 14.0. The van der Waals surface area contributed by atoms with Crippen LogP contribution in [-0.2, 0) is 21.1 Å². The molecule has 0 spiro atoms. The van der Waals surface area contributed by atoms with Crippen molar-refractivity contribution in [3.8, 4) is 11.5 Å². The van der Waals surface area contributed by atoms with Crippen molar-refractivity contribution < 1.29 is 40.1 Å². The van der Waals surface area contributed by atoms with Gasteiger partial charge in [-0.15, -0.1) is 13.3 Å². The van der Waals surface area contributed by atoms with Crippen molar-refractivity contribution in [3.63, 3.8) is 0 Å². The summed E-state index contributed by atoms with van der Waals surface area (Å²) in [6.45, 7) is 4.46. The largest absolute Gasteiger partial charge is 2.00 e. The average molecular weight is 810 g/mol. The van der Waals surface area contributed by atoms with Crippen molar-refractivity contribution >= 4 is 78.0 Å². The fraction of sp³-hybridized carbons (Fsp3) is 0.0256. The molecular weight excluding hydrogens is 784 g/mol. The number of hydrogen-bond donors (Lipinski definition) is 2. The van der Waals surface area contributed by atoms with Gasteiger partial charge in [-0.05, 0) is 60.7 Å². The molecule has 10 rings (SSSR count). The maximum atomic E-state index is 11.3. The Kier molecular flexibility index (Phi) is 6.39. The van der Waals surface area contributed by atoms with Gasteiger partial charge in [-0.25, -0.2) is 0 Å². The van der Waals surface area contributed by atoms with E-state index in [4.69, 9.17) is 8.83 Å². The first-order valence-corrected chi connectivity index (χ1v) is 15.4. The van der Waals surface area contributed by atoms with E-state index in [0.29, 0.717) is 29.2 Å². The summed E-state index contributed by atoms with van der Waals surface area (Å²) in [6.07, 6.45) is 0. The van der Waals surface area contributed by atoms with E-state index >= 15 is 0 Å². The van der Waals surface area contributed by atoms with E-state index in [1.165, 1.54) is 0 Å². The molecule has 2 aliphatic rings. The van der Waals surface area contributed by atoms with Gasteiger partial charge in [-0.1, -0.05) is 60.7 Å². The van der Waals surface area contributed by atoms with E-state index in [2.05, 4.69) is 21.9 Å². The summed E-state index contributed by atoms with van der Waals surface area (Å²) in [7, 11) is 0. The number of rotatable bonds is 4. The third-order valence-electron chi connectivity index (χ3n) is 9.20. The van der Waals surface area contributed by atoms with Crippen LogP contribution in [0.15, 0.2) is 130 Å². The topological polar surface area (TPSA) is 79.7 Å². The molecule has 6 aromatic carbocycles. The summed E-state index contributed by atoms with van der Waals surface area (Å²) in [4.78, 5) is 8.29. The van der Waals surface area contributed by atoms with Crippen LogP contribution in [0.4, 0.5) is 34.1 Å². The first-order valence-electron chi connectivity index (χ1n) is 15.4. The molecule has 0 unspecified atom stereocenters. The van der Waals surface area contributed by atoms with Crippen LogP contribution in [0.1, 0.15) is 0 Å². The minimum atomic E-state index is 0. The van der Waals surface area contributed by atoms with Gasteiger partial charge in [0.1, 0.15) is 22.7 Å². The van der Waals surface area contributed by atoms with Crippen LogP contribution in [-0.4, -0.2) is 16.9 Å². The molecule has 8 aromatic rings. The van der Waals surface area contributed by atoms with Crippen molar-refractivity contribution in [2.45, 2.75) is 0 Å². The number of benzene rings is 6. The fourth-order valence-corrected chi connectivity index (χ4v) is 7.09. The predicted molar refractivity (Wildman–Crippen MR) is 186 cm³/mol. The van der Waals surface area contributed by atoms with Crippen LogP contribution in [0.3, 0.4) is 0 Å².